The quantitative estimate of drug-likeness (QED) is 0.582. The molecule has 0 saturated heterocycles. The second-order valence-electron chi connectivity index (χ2n) is 4.45. The van der Waals surface area contributed by atoms with E-state index in [1.807, 2.05) is 18.2 Å². The van der Waals surface area contributed by atoms with Crippen molar-refractivity contribution in [3.63, 3.8) is 0 Å². The van der Waals surface area contributed by atoms with Crippen LogP contribution in [0.4, 0.5) is 5.69 Å². The minimum absolute atomic E-state index is 0.494. The average Bonchev–Trinajstić information content (AvgIpc) is 2.31. The molecule has 1 unspecified atom stereocenters. The van der Waals surface area contributed by atoms with Gasteiger partial charge in [0.05, 0.1) is 0 Å². The number of benzene rings is 1. The van der Waals surface area contributed by atoms with Gasteiger partial charge in [-0.1, -0.05) is 30.9 Å². The van der Waals surface area contributed by atoms with Crippen LogP contribution in [0.25, 0.3) is 6.08 Å². The molecule has 0 radical (unpaired) electrons. The van der Waals surface area contributed by atoms with Crippen molar-refractivity contribution >= 4 is 11.8 Å². The molecule has 1 aliphatic carbocycles. The normalized spacial score (nSPS) is 19.7. The summed E-state index contributed by atoms with van der Waals surface area (Å²) in [6, 6.07) is 4.05. The molecule has 0 spiro atoms. The lowest BCUT2D eigenvalue weighted by Gasteiger charge is -2.22. The Morgan fingerprint density at radius 2 is 2.25 bits per heavy atom. The molecule has 0 bridgehead atoms. The van der Waals surface area contributed by atoms with E-state index in [1.54, 1.807) is 0 Å². The molecule has 0 saturated carbocycles. The Balaban J connectivity index is 2.49. The van der Waals surface area contributed by atoms with Crippen LogP contribution in [0, 0.1) is 6.92 Å². The largest absolute Gasteiger partial charge is 0.398 e. The first kappa shape index (κ1) is 11.0. The molecule has 0 aliphatic heterocycles. The topological polar surface area (TPSA) is 26.0 Å². The van der Waals surface area contributed by atoms with Gasteiger partial charge < -0.3 is 5.73 Å². The van der Waals surface area contributed by atoms with Crippen LogP contribution < -0.4 is 5.73 Å². The number of allylic oxidation sites excluding steroid dienone is 2. The predicted molar refractivity (Wildman–Crippen MR) is 71.4 cm³/mol. The molecule has 1 aromatic carbocycles. The zero-order valence-electron chi connectivity index (χ0n) is 9.87. The van der Waals surface area contributed by atoms with Crippen molar-refractivity contribution in [3.05, 3.63) is 47.6 Å². The van der Waals surface area contributed by atoms with Gasteiger partial charge in [-0.25, -0.2) is 0 Å². The molecular weight excluding hydrogens is 194 g/mol. The van der Waals surface area contributed by atoms with Crippen LogP contribution in [0.2, 0.25) is 0 Å². The lowest BCUT2D eigenvalue weighted by molar-refractivity contribution is 0.653. The van der Waals surface area contributed by atoms with Crippen molar-refractivity contribution in [2.75, 3.05) is 5.73 Å². The van der Waals surface area contributed by atoms with Crippen LogP contribution in [-0.4, -0.2) is 0 Å². The predicted octanol–water partition coefficient (Wildman–Crippen LogP) is 4.04. The van der Waals surface area contributed by atoms with E-state index in [0.717, 1.165) is 5.69 Å². The molecule has 1 nitrogen and oxygen atoms in total. The van der Waals surface area contributed by atoms with E-state index in [4.69, 9.17) is 5.73 Å². The van der Waals surface area contributed by atoms with Crippen molar-refractivity contribution in [1.29, 1.82) is 0 Å². The van der Waals surface area contributed by atoms with Gasteiger partial charge in [0.25, 0.3) is 0 Å². The second-order valence-corrected chi connectivity index (χ2v) is 4.45. The van der Waals surface area contributed by atoms with Crippen molar-refractivity contribution in [3.8, 4) is 0 Å². The van der Waals surface area contributed by atoms with Gasteiger partial charge in [0, 0.05) is 11.6 Å². The summed E-state index contributed by atoms with van der Waals surface area (Å²) >= 11 is 0. The summed E-state index contributed by atoms with van der Waals surface area (Å²) in [7, 11) is 0. The van der Waals surface area contributed by atoms with Crippen LogP contribution >= 0.6 is 0 Å². The van der Waals surface area contributed by atoms with Crippen LogP contribution in [0.5, 0.6) is 0 Å². The Hall–Kier alpha value is -1.50. The fraction of sp³-hybridized carbons (Fsp3) is 0.333. The van der Waals surface area contributed by atoms with Gasteiger partial charge in [-0.05, 0) is 48.9 Å². The maximum atomic E-state index is 6.11. The third-order valence-corrected chi connectivity index (χ3v) is 3.44. The molecule has 0 fully saturated rings. The summed E-state index contributed by atoms with van der Waals surface area (Å²) in [5.74, 6) is 0.494. The molecule has 0 heterocycles. The van der Waals surface area contributed by atoms with Crippen molar-refractivity contribution in [2.24, 2.45) is 0 Å². The zero-order valence-corrected chi connectivity index (χ0v) is 9.87. The van der Waals surface area contributed by atoms with Gasteiger partial charge in [0.15, 0.2) is 0 Å². The molecule has 1 heteroatoms. The smallest absolute Gasteiger partial charge is 0.0355 e. The molecule has 0 amide bonds. The number of rotatable bonds is 2. The van der Waals surface area contributed by atoms with E-state index in [9.17, 15) is 0 Å². The summed E-state index contributed by atoms with van der Waals surface area (Å²) in [4.78, 5) is 0. The van der Waals surface area contributed by atoms with Crippen LogP contribution in [0.1, 0.15) is 41.9 Å². The second kappa shape index (κ2) is 4.56. The average molecular weight is 213 g/mol. The standard InChI is InChI=1S/C15H19N/c1-3-12-9-10-14(16)15(11(12)2)13-7-5-4-6-8-13/h3,5,7,9-10,13H,1,4,6,8,16H2,2H3. The first-order valence-electron chi connectivity index (χ1n) is 5.92. The summed E-state index contributed by atoms with van der Waals surface area (Å²) in [6.07, 6.45) is 10.2. The molecule has 2 rings (SSSR count). The Kier molecular flexibility index (Phi) is 3.14. The Bertz CT molecular complexity index is 429. The maximum absolute atomic E-state index is 6.11. The van der Waals surface area contributed by atoms with Gasteiger partial charge in [-0.15, -0.1) is 0 Å². The molecular formula is C15H19N. The Labute approximate surface area is 97.7 Å². The third kappa shape index (κ3) is 1.90. The van der Waals surface area contributed by atoms with E-state index in [0.29, 0.717) is 5.92 Å². The Morgan fingerprint density at radius 1 is 1.44 bits per heavy atom. The highest BCUT2D eigenvalue weighted by molar-refractivity contribution is 5.63. The van der Waals surface area contributed by atoms with Crippen molar-refractivity contribution < 1.29 is 0 Å². The molecule has 1 atom stereocenters. The number of nitrogens with two attached hydrogens (primary N) is 1. The molecule has 2 N–H and O–H groups in total. The molecule has 1 aromatic rings. The number of nitrogen functional groups attached to an aromatic ring is 1. The SMILES string of the molecule is C=Cc1ccc(N)c(C2C=CCCC2)c1C. The minimum atomic E-state index is 0.494. The van der Waals surface area contributed by atoms with Crippen molar-refractivity contribution in [1.82, 2.24) is 0 Å². The summed E-state index contributed by atoms with van der Waals surface area (Å²) in [6.45, 7) is 5.99. The van der Waals surface area contributed by atoms with E-state index < -0.39 is 0 Å². The third-order valence-electron chi connectivity index (χ3n) is 3.44. The van der Waals surface area contributed by atoms with Gasteiger partial charge in [0.1, 0.15) is 0 Å². The zero-order chi connectivity index (χ0) is 11.5. The summed E-state index contributed by atoms with van der Waals surface area (Å²) in [5, 5.41) is 0. The van der Waals surface area contributed by atoms with E-state index >= 15 is 0 Å². The van der Waals surface area contributed by atoms with Crippen LogP contribution in [-0.2, 0) is 0 Å². The minimum Gasteiger partial charge on any atom is -0.398 e. The highest BCUT2D eigenvalue weighted by Crippen LogP contribution is 2.35. The first-order valence-corrected chi connectivity index (χ1v) is 5.92. The molecule has 84 valence electrons. The number of hydrogen-bond donors (Lipinski definition) is 1. The van der Waals surface area contributed by atoms with E-state index in [-0.39, 0.29) is 0 Å². The van der Waals surface area contributed by atoms with Crippen LogP contribution in [0.15, 0.2) is 30.9 Å². The van der Waals surface area contributed by atoms with E-state index in [2.05, 4.69) is 25.7 Å². The van der Waals surface area contributed by atoms with Gasteiger partial charge >= 0.3 is 0 Å². The van der Waals surface area contributed by atoms with Gasteiger partial charge in [-0.3, -0.25) is 0 Å². The highest BCUT2D eigenvalue weighted by atomic mass is 14.6. The molecule has 1 aliphatic rings. The number of anilines is 1. The first-order chi connectivity index (χ1) is 7.74. The summed E-state index contributed by atoms with van der Waals surface area (Å²) < 4.78 is 0. The van der Waals surface area contributed by atoms with E-state index in [1.165, 1.54) is 36.0 Å². The number of hydrogen-bond acceptors (Lipinski definition) is 1. The lowest BCUT2D eigenvalue weighted by atomic mass is 9.84. The van der Waals surface area contributed by atoms with Gasteiger partial charge in [-0.2, -0.15) is 0 Å². The monoisotopic (exact) mass is 213 g/mol. The van der Waals surface area contributed by atoms with Gasteiger partial charge in [0.2, 0.25) is 0 Å². The van der Waals surface area contributed by atoms with Crippen molar-refractivity contribution in [2.45, 2.75) is 32.1 Å². The Morgan fingerprint density at radius 3 is 2.88 bits per heavy atom. The molecule has 16 heavy (non-hydrogen) atoms. The van der Waals surface area contributed by atoms with Crippen LogP contribution in [0.3, 0.4) is 0 Å². The summed E-state index contributed by atoms with van der Waals surface area (Å²) in [5.41, 5.74) is 10.8. The maximum Gasteiger partial charge on any atom is 0.0355 e. The highest BCUT2D eigenvalue weighted by Gasteiger charge is 2.17. The molecule has 0 aromatic heterocycles. The fourth-order valence-corrected chi connectivity index (χ4v) is 2.53. The fourth-order valence-electron chi connectivity index (χ4n) is 2.53. The lowest BCUT2D eigenvalue weighted by Crippen LogP contribution is -2.06.